The second-order valence-electron chi connectivity index (χ2n) is 9.97. The minimum absolute atomic E-state index is 0.00147. The molecule has 0 saturated carbocycles. The first kappa shape index (κ1) is 35.8. The summed E-state index contributed by atoms with van der Waals surface area (Å²) < 4.78 is 20.8. The minimum atomic E-state index is -1.01. The number of nitrogens with zero attached hydrogens (tertiary/aromatic N) is 5. The SMILES string of the molecule is COC(=O)[C@H](CCC(=O)NCCOCCOCCOCCN)NC(=O)c1ccc(N(C)Cc2cnc3nc(N)nc(N)c3n2)cc1. The molecule has 3 rings (SSSR count). The number of rotatable bonds is 20. The number of carbonyl (C=O) groups excluding carboxylic acids is 3. The number of anilines is 3. The van der Waals surface area contributed by atoms with E-state index < -0.39 is 17.9 Å². The molecular weight excluding hydrogens is 600 g/mol. The van der Waals surface area contributed by atoms with E-state index in [1.54, 1.807) is 30.5 Å². The van der Waals surface area contributed by atoms with Gasteiger partial charge in [0.25, 0.3) is 5.91 Å². The van der Waals surface area contributed by atoms with Gasteiger partial charge in [-0.15, -0.1) is 0 Å². The van der Waals surface area contributed by atoms with E-state index in [4.69, 9.17) is 36.1 Å². The fourth-order valence-corrected chi connectivity index (χ4v) is 4.14. The van der Waals surface area contributed by atoms with Crippen molar-refractivity contribution in [2.45, 2.75) is 25.4 Å². The summed E-state index contributed by atoms with van der Waals surface area (Å²) in [6.07, 6.45) is 1.63. The molecule has 0 fully saturated rings. The minimum Gasteiger partial charge on any atom is -0.467 e. The van der Waals surface area contributed by atoms with Gasteiger partial charge in [-0.05, 0) is 30.7 Å². The Balaban J connectivity index is 1.42. The lowest BCUT2D eigenvalue weighted by molar-refractivity contribution is -0.143. The van der Waals surface area contributed by atoms with Crippen LogP contribution in [0.3, 0.4) is 0 Å². The predicted octanol–water partition coefficient (Wildman–Crippen LogP) is -0.603. The number of methoxy groups -OCH3 is 1. The first-order valence-electron chi connectivity index (χ1n) is 14.7. The van der Waals surface area contributed by atoms with Crippen molar-refractivity contribution in [1.82, 2.24) is 30.6 Å². The van der Waals surface area contributed by atoms with Crippen LogP contribution in [0.15, 0.2) is 30.5 Å². The largest absolute Gasteiger partial charge is 0.467 e. The highest BCUT2D eigenvalue weighted by atomic mass is 16.5. The van der Waals surface area contributed by atoms with Gasteiger partial charge in [0.2, 0.25) is 11.9 Å². The number of esters is 1. The number of nitrogens with two attached hydrogens (primary N) is 3. The van der Waals surface area contributed by atoms with E-state index in [0.29, 0.717) is 81.7 Å². The standard InChI is InChI=1S/C29H42N10O7/c1-39(18-20-17-34-26-24(35-20)25(31)37-29(32)38-26)21-5-3-19(4-6-21)27(41)36-22(28(42)43-2)7-8-23(40)33-10-12-45-14-16-46-15-13-44-11-9-30/h3-6,17,22H,7-16,18,30H2,1-2H3,(H,33,40)(H,36,41)(H4,31,32,34,37,38)/t22-/m0/s1. The molecule has 17 nitrogen and oxygen atoms in total. The first-order chi connectivity index (χ1) is 22.2. The molecule has 1 aromatic carbocycles. The van der Waals surface area contributed by atoms with Crippen molar-refractivity contribution < 1.29 is 33.3 Å². The molecule has 2 heterocycles. The van der Waals surface area contributed by atoms with Gasteiger partial charge >= 0.3 is 5.97 Å². The number of benzene rings is 1. The lowest BCUT2D eigenvalue weighted by Gasteiger charge is -2.20. The van der Waals surface area contributed by atoms with Gasteiger partial charge < -0.3 is 51.7 Å². The first-order valence-corrected chi connectivity index (χ1v) is 14.7. The average molecular weight is 643 g/mol. The van der Waals surface area contributed by atoms with Gasteiger partial charge in [0.1, 0.15) is 6.04 Å². The van der Waals surface area contributed by atoms with E-state index in [1.165, 1.54) is 7.11 Å². The maximum Gasteiger partial charge on any atom is 0.328 e. The van der Waals surface area contributed by atoms with E-state index >= 15 is 0 Å². The molecule has 0 aliphatic heterocycles. The molecule has 1 atom stereocenters. The monoisotopic (exact) mass is 642 g/mol. The summed E-state index contributed by atoms with van der Waals surface area (Å²) >= 11 is 0. The van der Waals surface area contributed by atoms with Gasteiger partial charge in [-0.1, -0.05) is 0 Å². The van der Waals surface area contributed by atoms with Crippen LogP contribution in [0.4, 0.5) is 17.5 Å². The maximum atomic E-state index is 12.9. The molecule has 0 unspecified atom stereocenters. The number of amides is 2. The molecule has 2 aromatic heterocycles. The van der Waals surface area contributed by atoms with Crippen LogP contribution in [0.1, 0.15) is 28.9 Å². The topological polar surface area (TPSA) is 245 Å². The molecular formula is C29H42N10O7. The fourth-order valence-electron chi connectivity index (χ4n) is 4.14. The quantitative estimate of drug-likeness (QED) is 0.0763. The van der Waals surface area contributed by atoms with E-state index in [0.717, 1.165) is 5.69 Å². The Hall–Kier alpha value is -4.71. The summed E-state index contributed by atoms with van der Waals surface area (Å²) in [5.74, 6) is -1.26. The summed E-state index contributed by atoms with van der Waals surface area (Å²) in [6, 6.07) is 5.77. The highest BCUT2D eigenvalue weighted by Crippen LogP contribution is 2.19. The van der Waals surface area contributed by atoms with Gasteiger partial charge in [-0.3, -0.25) is 9.59 Å². The highest BCUT2D eigenvalue weighted by molar-refractivity contribution is 5.97. The maximum absolute atomic E-state index is 12.9. The van der Waals surface area contributed by atoms with Crippen LogP contribution in [-0.2, 0) is 35.1 Å². The normalized spacial score (nSPS) is 11.6. The van der Waals surface area contributed by atoms with Crippen molar-refractivity contribution in [3.63, 3.8) is 0 Å². The van der Waals surface area contributed by atoms with Gasteiger partial charge in [0, 0.05) is 37.8 Å². The van der Waals surface area contributed by atoms with Gasteiger partial charge in [0.05, 0.1) is 65.2 Å². The van der Waals surface area contributed by atoms with Crippen molar-refractivity contribution in [1.29, 1.82) is 0 Å². The molecule has 3 aromatic rings. The van der Waals surface area contributed by atoms with Gasteiger partial charge in [0.15, 0.2) is 17.0 Å². The number of ether oxygens (including phenoxy) is 4. The zero-order chi connectivity index (χ0) is 33.3. The van der Waals surface area contributed by atoms with Crippen molar-refractivity contribution in [3.8, 4) is 0 Å². The number of carbonyl (C=O) groups is 3. The van der Waals surface area contributed by atoms with E-state index in [2.05, 4.69) is 30.6 Å². The lowest BCUT2D eigenvalue weighted by atomic mass is 10.1. The summed E-state index contributed by atoms with van der Waals surface area (Å²) in [6.45, 7) is 3.65. The highest BCUT2D eigenvalue weighted by Gasteiger charge is 2.23. The number of nitrogen functional groups attached to an aromatic ring is 2. The molecule has 17 heteroatoms. The molecule has 0 aliphatic rings. The molecule has 0 radical (unpaired) electrons. The number of fused-ring (bicyclic) bond motifs is 1. The average Bonchev–Trinajstić information content (AvgIpc) is 3.05. The third-order valence-electron chi connectivity index (χ3n) is 6.50. The zero-order valence-electron chi connectivity index (χ0n) is 26.1. The predicted molar refractivity (Wildman–Crippen MR) is 170 cm³/mol. The summed E-state index contributed by atoms with van der Waals surface area (Å²) in [5.41, 5.74) is 19.3. The van der Waals surface area contributed by atoms with E-state index in [9.17, 15) is 14.4 Å². The lowest BCUT2D eigenvalue weighted by Crippen LogP contribution is -2.42. The molecule has 8 N–H and O–H groups in total. The molecule has 0 bridgehead atoms. The third kappa shape index (κ3) is 11.7. The second-order valence-corrected chi connectivity index (χ2v) is 9.97. The summed E-state index contributed by atoms with van der Waals surface area (Å²) in [7, 11) is 3.07. The van der Waals surface area contributed by atoms with E-state index in [1.807, 2.05) is 11.9 Å². The van der Waals surface area contributed by atoms with Crippen LogP contribution in [0.25, 0.3) is 11.2 Å². The molecule has 0 saturated heterocycles. The Morgan fingerprint density at radius 2 is 1.61 bits per heavy atom. The molecule has 46 heavy (non-hydrogen) atoms. The Kier molecular flexibility index (Phi) is 14.7. The molecule has 250 valence electrons. The third-order valence-corrected chi connectivity index (χ3v) is 6.50. The second kappa shape index (κ2) is 18.9. The summed E-state index contributed by atoms with van der Waals surface area (Å²) in [4.78, 5) is 56.2. The van der Waals surface area contributed by atoms with Crippen LogP contribution in [0.5, 0.6) is 0 Å². The Labute approximate surface area is 266 Å². The number of hydrogen-bond acceptors (Lipinski definition) is 15. The van der Waals surface area contributed by atoms with Crippen molar-refractivity contribution in [2.75, 3.05) is 83.3 Å². The van der Waals surface area contributed by atoms with Gasteiger partial charge in [-0.25, -0.2) is 14.8 Å². The summed E-state index contributed by atoms with van der Waals surface area (Å²) in [5, 5.41) is 5.38. The van der Waals surface area contributed by atoms with Crippen LogP contribution in [0.2, 0.25) is 0 Å². The van der Waals surface area contributed by atoms with Crippen molar-refractivity contribution >= 4 is 46.4 Å². The Morgan fingerprint density at radius 1 is 0.935 bits per heavy atom. The zero-order valence-corrected chi connectivity index (χ0v) is 26.1. The fraction of sp³-hybridized carbons (Fsp3) is 0.483. The van der Waals surface area contributed by atoms with Crippen LogP contribution >= 0.6 is 0 Å². The van der Waals surface area contributed by atoms with Gasteiger partial charge in [-0.2, -0.15) is 9.97 Å². The number of aromatic nitrogens is 4. The Morgan fingerprint density at radius 3 is 2.28 bits per heavy atom. The van der Waals surface area contributed by atoms with E-state index in [-0.39, 0.29) is 30.5 Å². The van der Waals surface area contributed by atoms with Crippen LogP contribution < -0.4 is 32.7 Å². The van der Waals surface area contributed by atoms with Crippen molar-refractivity contribution in [2.24, 2.45) is 5.73 Å². The number of nitrogens with one attached hydrogen (secondary N) is 2. The number of hydrogen-bond donors (Lipinski definition) is 5. The molecule has 0 aliphatic carbocycles. The van der Waals surface area contributed by atoms with Crippen molar-refractivity contribution in [3.05, 3.63) is 41.7 Å². The van der Waals surface area contributed by atoms with Crippen LogP contribution in [-0.4, -0.2) is 111 Å². The molecule has 0 spiro atoms. The Bertz CT molecular complexity index is 1430. The van der Waals surface area contributed by atoms with Crippen LogP contribution in [0, 0.1) is 0 Å². The molecule has 2 amide bonds. The smallest absolute Gasteiger partial charge is 0.328 e.